The van der Waals surface area contributed by atoms with Crippen LogP contribution in [-0.2, 0) is 12.8 Å². The van der Waals surface area contributed by atoms with Gasteiger partial charge in [-0.1, -0.05) is 24.3 Å². The highest BCUT2D eigenvalue weighted by Crippen LogP contribution is 2.19. The van der Waals surface area contributed by atoms with E-state index in [0.29, 0.717) is 5.56 Å². The van der Waals surface area contributed by atoms with Crippen molar-refractivity contribution in [3.63, 3.8) is 0 Å². The molecule has 2 N–H and O–H groups in total. The van der Waals surface area contributed by atoms with E-state index in [4.69, 9.17) is 0 Å². The normalized spacial score (nSPS) is 10.8. The van der Waals surface area contributed by atoms with Crippen LogP contribution in [0.15, 0.2) is 48.9 Å². The van der Waals surface area contributed by atoms with Gasteiger partial charge in [0.05, 0.1) is 11.9 Å². The summed E-state index contributed by atoms with van der Waals surface area (Å²) in [6, 6.07) is 11.9. The fourth-order valence-corrected chi connectivity index (χ4v) is 2.49. The van der Waals surface area contributed by atoms with Crippen molar-refractivity contribution in [3.05, 3.63) is 65.7 Å². The zero-order valence-electron chi connectivity index (χ0n) is 12.3. The molecule has 0 spiro atoms. The topological polar surface area (TPSA) is 67.2 Å². The molecule has 0 aliphatic heterocycles. The maximum atomic E-state index is 11.6. The molecule has 0 fully saturated rings. The molecule has 0 bridgehead atoms. The van der Waals surface area contributed by atoms with Gasteiger partial charge in [0.15, 0.2) is 0 Å². The summed E-state index contributed by atoms with van der Waals surface area (Å²) in [5.41, 5.74) is 2.72. The van der Waals surface area contributed by atoms with Crippen LogP contribution in [0.5, 0.6) is 0 Å². The van der Waals surface area contributed by atoms with E-state index in [0.717, 1.165) is 34.0 Å². The maximum absolute atomic E-state index is 11.6. The van der Waals surface area contributed by atoms with Crippen molar-refractivity contribution >= 4 is 16.7 Å². The Morgan fingerprint density at radius 2 is 1.95 bits per heavy atom. The summed E-state index contributed by atoms with van der Waals surface area (Å²) >= 11 is 0. The first kappa shape index (κ1) is 14.1. The van der Waals surface area contributed by atoms with Gasteiger partial charge in [0.25, 0.3) is 5.91 Å². The highest BCUT2D eigenvalue weighted by atomic mass is 16.5. The number of hydrogen-bond acceptors (Lipinski definition) is 3. The second kappa shape index (κ2) is 5.89. The van der Waals surface area contributed by atoms with Gasteiger partial charge in [-0.05, 0) is 41.3 Å². The predicted molar refractivity (Wildman–Crippen MR) is 84.2 cm³/mol. The number of aromatic nitrogens is 2. The minimum absolute atomic E-state index is 0.0782. The van der Waals surface area contributed by atoms with Crippen LogP contribution in [0.4, 0.5) is 0 Å². The Kier molecular flexibility index (Phi) is 3.78. The molecule has 0 saturated heterocycles. The quantitative estimate of drug-likeness (QED) is 0.726. The molecule has 0 unspecified atom stereocenters. The molecule has 1 aromatic heterocycles. The number of carbonyl (C=O) groups excluding carboxylic acids is 1. The van der Waals surface area contributed by atoms with Crippen LogP contribution in [0.2, 0.25) is 0 Å². The second-order valence-corrected chi connectivity index (χ2v) is 5.22. The van der Waals surface area contributed by atoms with Gasteiger partial charge in [0.1, 0.15) is 6.33 Å². The van der Waals surface area contributed by atoms with Gasteiger partial charge in [0, 0.05) is 12.6 Å². The Morgan fingerprint density at radius 1 is 1.18 bits per heavy atom. The number of benzene rings is 2. The highest BCUT2D eigenvalue weighted by molar-refractivity contribution is 5.98. The molecule has 5 nitrogen and oxygen atoms in total. The van der Waals surface area contributed by atoms with Gasteiger partial charge in [-0.25, -0.2) is 4.98 Å². The number of rotatable bonds is 4. The zero-order chi connectivity index (χ0) is 15.5. The Hall–Kier alpha value is -2.82. The Balaban J connectivity index is 1.79. The fourth-order valence-electron chi connectivity index (χ4n) is 2.49. The van der Waals surface area contributed by atoms with Crippen molar-refractivity contribution in [1.29, 1.82) is 0 Å². The first-order chi connectivity index (χ1) is 10.7. The second-order valence-electron chi connectivity index (χ2n) is 5.22. The van der Waals surface area contributed by atoms with Gasteiger partial charge in [-0.15, -0.1) is 0 Å². The first-order valence-corrected chi connectivity index (χ1v) is 7.12. The Labute approximate surface area is 128 Å². The first-order valence-electron chi connectivity index (χ1n) is 7.12. The van der Waals surface area contributed by atoms with E-state index in [9.17, 15) is 10.0 Å². The standard InChI is InChI=1S/C17H17N3O2/c1-18-17(21)15-6-5-13-8-12(2-4-14(13)9-15)3-7-16-10-20(22)11-19-16/h2,4-6,8-11,22H,3,7H2,1H3,(H,18,21). The molecule has 1 heterocycles. The lowest BCUT2D eigenvalue weighted by Crippen LogP contribution is -2.17. The van der Waals surface area contributed by atoms with Gasteiger partial charge in [-0.2, -0.15) is 4.73 Å². The van der Waals surface area contributed by atoms with Crippen LogP contribution < -0.4 is 5.32 Å². The number of imidazole rings is 1. The van der Waals surface area contributed by atoms with Gasteiger partial charge < -0.3 is 10.5 Å². The lowest BCUT2D eigenvalue weighted by molar-refractivity contribution is 0.0963. The summed E-state index contributed by atoms with van der Waals surface area (Å²) in [7, 11) is 1.63. The summed E-state index contributed by atoms with van der Waals surface area (Å²) < 4.78 is 0.968. The van der Waals surface area contributed by atoms with Crippen molar-refractivity contribution in [2.24, 2.45) is 0 Å². The molecular formula is C17H17N3O2. The summed E-state index contributed by atoms with van der Waals surface area (Å²) in [5.74, 6) is -0.0782. The van der Waals surface area contributed by atoms with E-state index in [1.54, 1.807) is 13.2 Å². The average molecular weight is 295 g/mol. The van der Waals surface area contributed by atoms with Crippen LogP contribution in [0.3, 0.4) is 0 Å². The molecule has 0 saturated carbocycles. The van der Waals surface area contributed by atoms with E-state index >= 15 is 0 Å². The smallest absolute Gasteiger partial charge is 0.251 e. The number of aryl methyl sites for hydroxylation is 2. The third-order valence-corrected chi connectivity index (χ3v) is 3.69. The Bertz CT molecular complexity index is 824. The number of amides is 1. The van der Waals surface area contributed by atoms with Crippen LogP contribution in [-0.4, -0.2) is 27.9 Å². The average Bonchev–Trinajstić information content (AvgIpc) is 2.97. The van der Waals surface area contributed by atoms with Crippen LogP contribution in [0.25, 0.3) is 10.8 Å². The molecule has 22 heavy (non-hydrogen) atoms. The van der Waals surface area contributed by atoms with Gasteiger partial charge in [0.2, 0.25) is 0 Å². The van der Waals surface area contributed by atoms with Crippen LogP contribution >= 0.6 is 0 Å². The highest BCUT2D eigenvalue weighted by Gasteiger charge is 2.05. The van der Waals surface area contributed by atoms with Crippen LogP contribution in [0, 0.1) is 0 Å². The summed E-state index contributed by atoms with van der Waals surface area (Å²) in [6.07, 6.45) is 4.62. The molecule has 0 radical (unpaired) electrons. The molecule has 0 aliphatic carbocycles. The third kappa shape index (κ3) is 2.93. The van der Waals surface area contributed by atoms with E-state index in [1.165, 1.54) is 11.9 Å². The van der Waals surface area contributed by atoms with Crippen LogP contribution in [0.1, 0.15) is 21.6 Å². The SMILES string of the molecule is CNC(=O)c1ccc2cc(CCc3cn(O)cn3)ccc2c1. The molecule has 3 rings (SSSR count). The summed E-state index contributed by atoms with van der Waals surface area (Å²) in [4.78, 5) is 15.7. The monoisotopic (exact) mass is 295 g/mol. The van der Waals surface area contributed by atoms with Crippen molar-refractivity contribution in [2.75, 3.05) is 7.05 Å². The summed E-state index contributed by atoms with van der Waals surface area (Å²) in [6.45, 7) is 0. The number of fused-ring (bicyclic) bond motifs is 1. The maximum Gasteiger partial charge on any atom is 0.251 e. The third-order valence-electron chi connectivity index (χ3n) is 3.69. The van der Waals surface area contributed by atoms with E-state index in [2.05, 4.69) is 22.4 Å². The molecule has 112 valence electrons. The van der Waals surface area contributed by atoms with Crippen molar-refractivity contribution in [3.8, 4) is 0 Å². The largest absolute Gasteiger partial charge is 0.427 e. The molecule has 1 amide bonds. The number of carbonyl (C=O) groups is 1. The molecule has 5 heteroatoms. The molecule has 0 atom stereocenters. The number of nitrogens with one attached hydrogen (secondary N) is 1. The van der Waals surface area contributed by atoms with E-state index in [1.807, 2.05) is 24.3 Å². The van der Waals surface area contributed by atoms with Gasteiger partial charge in [-0.3, -0.25) is 4.79 Å². The zero-order valence-corrected chi connectivity index (χ0v) is 12.3. The fraction of sp³-hybridized carbons (Fsp3) is 0.176. The van der Waals surface area contributed by atoms with Crippen molar-refractivity contribution in [2.45, 2.75) is 12.8 Å². The molecule has 3 aromatic rings. The lowest BCUT2D eigenvalue weighted by Gasteiger charge is -2.05. The molecule has 2 aromatic carbocycles. The number of nitrogens with zero attached hydrogens (tertiary/aromatic N) is 2. The van der Waals surface area contributed by atoms with E-state index in [-0.39, 0.29) is 5.91 Å². The Morgan fingerprint density at radius 3 is 2.68 bits per heavy atom. The van der Waals surface area contributed by atoms with Crippen molar-refractivity contribution in [1.82, 2.24) is 15.0 Å². The molecular weight excluding hydrogens is 278 g/mol. The minimum atomic E-state index is -0.0782. The summed E-state index contributed by atoms with van der Waals surface area (Å²) in [5, 5.41) is 14.0. The minimum Gasteiger partial charge on any atom is -0.427 e. The van der Waals surface area contributed by atoms with E-state index < -0.39 is 0 Å². The van der Waals surface area contributed by atoms with Gasteiger partial charge >= 0.3 is 0 Å². The van der Waals surface area contributed by atoms with Crippen molar-refractivity contribution < 1.29 is 10.0 Å². The predicted octanol–water partition coefficient (Wildman–Crippen LogP) is 2.42. The number of hydrogen-bond donors (Lipinski definition) is 2. The lowest BCUT2D eigenvalue weighted by atomic mass is 10.0. The molecule has 0 aliphatic rings.